The van der Waals surface area contributed by atoms with E-state index < -0.39 is 43.1 Å². The van der Waals surface area contributed by atoms with Gasteiger partial charge in [-0.25, -0.2) is 9.36 Å². The van der Waals surface area contributed by atoms with E-state index in [9.17, 15) is 18.9 Å². The van der Waals surface area contributed by atoms with Crippen molar-refractivity contribution in [1.82, 2.24) is 15.5 Å². The minimum absolute atomic E-state index is 0.251. The first-order valence-corrected chi connectivity index (χ1v) is 17.0. The Bertz CT molecular complexity index is 1270. The maximum absolute atomic E-state index is 14.4. The zero-order valence-electron chi connectivity index (χ0n) is 27.2. The van der Waals surface area contributed by atoms with Gasteiger partial charge < -0.3 is 29.3 Å². The second kappa shape index (κ2) is 15.0. The van der Waals surface area contributed by atoms with Crippen LogP contribution in [-0.4, -0.2) is 52.8 Å². The van der Waals surface area contributed by atoms with Crippen molar-refractivity contribution in [3.05, 3.63) is 59.7 Å². The molecular formula is C33H48N3O7P. The number of benzene rings is 2. The molecule has 3 rings (SSSR count). The predicted octanol–water partition coefficient (Wildman–Crippen LogP) is 6.46. The minimum atomic E-state index is -4.02. The molecule has 1 aliphatic rings. The smallest absolute Gasteiger partial charge is 0.444 e. The molecule has 0 aliphatic carbocycles. The Morgan fingerprint density at radius 1 is 0.886 bits per heavy atom. The zero-order valence-corrected chi connectivity index (χ0v) is 28.1. The Hall–Kier alpha value is -3.52. The highest BCUT2D eigenvalue weighted by molar-refractivity contribution is 7.55. The Morgan fingerprint density at radius 3 is 1.82 bits per heavy atom. The van der Waals surface area contributed by atoms with Crippen LogP contribution >= 0.6 is 7.60 Å². The van der Waals surface area contributed by atoms with Gasteiger partial charge in [-0.05, 0) is 94.7 Å². The van der Waals surface area contributed by atoms with E-state index in [1.807, 2.05) is 52.0 Å². The first-order chi connectivity index (χ1) is 20.7. The molecule has 3 amide bonds. The van der Waals surface area contributed by atoms with Crippen LogP contribution in [0.5, 0.6) is 11.5 Å². The molecule has 10 nitrogen and oxygen atoms in total. The van der Waals surface area contributed by atoms with E-state index in [1.165, 1.54) is 4.90 Å². The summed E-state index contributed by atoms with van der Waals surface area (Å²) < 4.78 is 31.7. The van der Waals surface area contributed by atoms with Crippen LogP contribution < -0.4 is 19.7 Å². The Morgan fingerprint density at radius 2 is 1.39 bits per heavy atom. The normalized spacial score (nSPS) is 16.7. The third-order valence-corrected chi connectivity index (χ3v) is 9.41. The molecule has 1 unspecified atom stereocenters. The summed E-state index contributed by atoms with van der Waals surface area (Å²) in [6.07, 6.45) is 2.00. The molecule has 3 atom stereocenters. The van der Waals surface area contributed by atoms with Crippen LogP contribution in [-0.2, 0) is 31.7 Å². The number of nitrogens with zero attached hydrogens (tertiary/aromatic N) is 1. The topological polar surface area (TPSA) is 123 Å². The largest absolute Gasteiger partial charge is 0.452 e. The van der Waals surface area contributed by atoms with Crippen LogP contribution in [0.2, 0.25) is 0 Å². The number of hydrogen-bond acceptors (Lipinski definition) is 7. The van der Waals surface area contributed by atoms with Crippen molar-refractivity contribution in [1.29, 1.82) is 0 Å². The summed E-state index contributed by atoms with van der Waals surface area (Å²) >= 11 is 0. The quantitative estimate of drug-likeness (QED) is 0.258. The molecule has 11 heteroatoms. The summed E-state index contributed by atoms with van der Waals surface area (Å²) in [6, 6.07) is 12.8. The van der Waals surface area contributed by atoms with Crippen molar-refractivity contribution in [3.8, 4) is 11.5 Å². The van der Waals surface area contributed by atoms with Gasteiger partial charge >= 0.3 is 13.7 Å². The van der Waals surface area contributed by atoms with Crippen LogP contribution in [0.4, 0.5) is 4.79 Å². The fourth-order valence-electron chi connectivity index (χ4n) is 4.85. The highest BCUT2D eigenvalue weighted by atomic mass is 31.2. The number of rotatable bonds is 12. The van der Waals surface area contributed by atoms with Gasteiger partial charge in [-0.2, -0.15) is 0 Å². The molecule has 0 radical (unpaired) electrons. The molecule has 0 saturated carbocycles. The number of carbonyl (C=O) groups excluding carboxylic acids is 3. The number of carbonyl (C=O) groups is 3. The molecule has 1 aliphatic heterocycles. The molecule has 1 heterocycles. The van der Waals surface area contributed by atoms with E-state index in [-0.39, 0.29) is 11.8 Å². The summed E-state index contributed by atoms with van der Waals surface area (Å²) in [6.45, 7) is 14.9. The number of amides is 3. The molecule has 1 fully saturated rings. The number of alkyl carbamates (subject to hydrolysis) is 1. The molecule has 0 spiro atoms. The van der Waals surface area contributed by atoms with Crippen molar-refractivity contribution in [2.45, 2.75) is 105 Å². The van der Waals surface area contributed by atoms with E-state index in [0.717, 1.165) is 24.0 Å². The van der Waals surface area contributed by atoms with Crippen molar-refractivity contribution in [2.75, 3.05) is 6.54 Å². The molecular weight excluding hydrogens is 581 g/mol. The minimum Gasteiger partial charge on any atom is -0.444 e. The Balaban J connectivity index is 1.80. The summed E-state index contributed by atoms with van der Waals surface area (Å²) in [5.74, 6) is -1.45. The predicted molar refractivity (Wildman–Crippen MR) is 171 cm³/mol. The first-order valence-electron chi connectivity index (χ1n) is 15.4. The van der Waals surface area contributed by atoms with E-state index in [4.69, 9.17) is 13.8 Å². The molecule has 242 valence electrons. The van der Waals surface area contributed by atoms with Gasteiger partial charge in [0, 0.05) is 6.54 Å². The maximum atomic E-state index is 14.4. The van der Waals surface area contributed by atoms with Gasteiger partial charge in [0.1, 0.15) is 29.2 Å². The molecule has 44 heavy (non-hydrogen) atoms. The van der Waals surface area contributed by atoms with Gasteiger partial charge in [0.2, 0.25) is 11.8 Å². The zero-order chi connectivity index (χ0) is 32.7. The van der Waals surface area contributed by atoms with E-state index in [2.05, 4.69) is 10.6 Å². The lowest BCUT2D eigenvalue weighted by atomic mass is 10.0. The molecule has 1 saturated heterocycles. The van der Waals surface area contributed by atoms with Crippen LogP contribution in [0, 0.1) is 5.92 Å². The van der Waals surface area contributed by atoms with Crippen molar-refractivity contribution in [2.24, 2.45) is 5.92 Å². The fourth-order valence-corrected chi connectivity index (χ4v) is 6.32. The van der Waals surface area contributed by atoms with Crippen LogP contribution in [0.25, 0.3) is 0 Å². The summed E-state index contributed by atoms with van der Waals surface area (Å²) in [7, 11) is -4.02. The molecule has 0 aromatic heterocycles. The summed E-state index contributed by atoms with van der Waals surface area (Å²) in [4.78, 5) is 41.3. The standard InChI is InChI=1S/C33H48N3O7P/c1-9-24-13-17-26(18-14-24)42-44(40,43-27-19-15-25(10-2)16-20-27)23(5)34-30(37)28-12-11-21-36(28)31(38)29(22(3)4)35-32(39)41-33(6,7)8/h13-20,22-23,28-29H,9-12,21H2,1-8H3,(H,34,37)(H,35,39)/t23?,28-,29-/m0/s1. The molecule has 2 aromatic rings. The van der Waals surface area contributed by atoms with E-state index in [1.54, 1.807) is 52.0 Å². The Labute approximate surface area is 261 Å². The van der Waals surface area contributed by atoms with Gasteiger partial charge in [-0.1, -0.05) is 52.0 Å². The lowest BCUT2D eigenvalue weighted by Crippen LogP contribution is -2.56. The van der Waals surface area contributed by atoms with Gasteiger partial charge in [0.15, 0.2) is 5.78 Å². The monoisotopic (exact) mass is 629 g/mol. The van der Waals surface area contributed by atoms with Crippen molar-refractivity contribution >= 4 is 25.5 Å². The van der Waals surface area contributed by atoms with Gasteiger partial charge in [0.25, 0.3) is 0 Å². The first kappa shape index (κ1) is 35.0. The average Bonchev–Trinajstić information content (AvgIpc) is 3.45. The number of ether oxygens (including phenoxy) is 1. The lowest BCUT2D eigenvalue weighted by molar-refractivity contribution is -0.140. The van der Waals surface area contributed by atoms with Crippen LogP contribution in [0.3, 0.4) is 0 Å². The maximum Gasteiger partial charge on any atom is 0.452 e. The molecule has 0 bridgehead atoms. The van der Waals surface area contributed by atoms with Gasteiger partial charge in [-0.15, -0.1) is 0 Å². The van der Waals surface area contributed by atoms with Crippen LogP contribution in [0.15, 0.2) is 48.5 Å². The molecule has 2 aromatic carbocycles. The van der Waals surface area contributed by atoms with E-state index >= 15 is 0 Å². The third-order valence-electron chi connectivity index (χ3n) is 7.40. The van der Waals surface area contributed by atoms with Gasteiger partial charge in [0.05, 0.1) is 0 Å². The number of likely N-dealkylation sites (tertiary alicyclic amines) is 1. The summed E-state index contributed by atoms with van der Waals surface area (Å²) in [5, 5.41) is 5.49. The average molecular weight is 630 g/mol. The molecule has 2 N–H and O–H groups in total. The van der Waals surface area contributed by atoms with Gasteiger partial charge in [-0.3, -0.25) is 9.59 Å². The van der Waals surface area contributed by atoms with Crippen LogP contribution in [0.1, 0.15) is 79.4 Å². The number of hydrogen-bond donors (Lipinski definition) is 2. The SMILES string of the molecule is CCc1ccc(OP(=O)(Oc2ccc(CC)cc2)C(C)NC(=O)[C@@H]2CCCN2C(=O)[C@@H](NC(=O)OC(C)(C)C)C(C)C)cc1. The van der Waals surface area contributed by atoms with Crippen molar-refractivity contribution in [3.63, 3.8) is 0 Å². The lowest BCUT2D eigenvalue weighted by Gasteiger charge is -2.32. The third kappa shape index (κ3) is 9.49. The van der Waals surface area contributed by atoms with Crippen molar-refractivity contribution < 1.29 is 32.7 Å². The van der Waals surface area contributed by atoms with E-state index in [0.29, 0.717) is 30.9 Å². The summed E-state index contributed by atoms with van der Waals surface area (Å²) in [5.41, 5.74) is 1.46. The Kier molecular flexibility index (Phi) is 11.9. The highest BCUT2D eigenvalue weighted by Crippen LogP contribution is 2.52. The number of aryl methyl sites for hydroxylation is 2. The second-order valence-corrected chi connectivity index (χ2v) is 14.7. The fraction of sp³-hybridized carbons (Fsp3) is 0.545. The second-order valence-electron chi connectivity index (χ2n) is 12.5. The number of nitrogens with one attached hydrogen (secondary N) is 2. The highest BCUT2D eigenvalue weighted by Gasteiger charge is 2.43.